The lowest BCUT2D eigenvalue weighted by atomic mass is 9.97. The van der Waals surface area contributed by atoms with Crippen molar-refractivity contribution >= 4 is 5.95 Å². The van der Waals surface area contributed by atoms with Crippen molar-refractivity contribution < 1.29 is 0 Å². The third-order valence-electron chi connectivity index (χ3n) is 3.67. The highest BCUT2D eigenvalue weighted by Crippen LogP contribution is 2.23. The van der Waals surface area contributed by atoms with Crippen molar-refractivity contribution in [3.8, 4) is 0 Å². The van der Waals surface area contributed by atoms with Gasteiger partial charge < -0.3 is 15.2 Å². The maximum atomic E-state index is 5.75. The Kier molecular flexibility index (Phi) is 4.27. The van der Waals surface area contributed by atoms with Crippen LogP contribution in [-0.4, -0.2) is 29.2 Å². The van der Waals surface area contributed by atoms with Crippen molar-refractivity contribution in [3.63, 3.8) is 0 Å². The zero-order valence-electron chi connectivity index (χ0n) is 11.9. The zero-order chi connectivity index (χ0) is 13.1. The summed E-state index contributed by atoms with van der Waals surface area (Å²) in [6.45, 7) is 10.6. The molecule has 2 heterocycles. The number of nitrogens with two attached hydrogens (primary N) is 1. The maximum Gasteiger partial charge on any atom is 0.205 e. The molecule has 0 atom stereocenters. The van der Waals surface area contributed by atoms with Crippen LogP contribution in [0, 0.1) is 18.8 Å². The molecule has 0 radical (unpaired) electrons. The Labute approximate surface area is 110 Å². The van der Waals surface area contributed by atoms with Gasteiger partial charge in [0.15, 0.2) is 0 Å². The first-order valence-corrected chi connectivity index (χ1v) is 7.09. The van der Waals surface area contributed by atoms with E-state index < -0.39 is 0 Å². The van der Waals surface area contributed by atoms with E-state index in [-0.39, 0.29) is 0 Å². The fraction of sp³-hybridized carbons (Fsp3) is 0.786. The monoisotopic (exact) mass is 250 g/mol. The van der Waals surface area contributed by atoms with E-state index in [0.29, 0.717) is 11.8 Å². The van der Waals surface area contributed by atoms with Crippen LogP contribution in [0.1, 0.15) is 32.4 Å². The average molecular weight is 250 g/mol. The van der Waals surface area contributed by atoms with Crippen molar-refractivity contribution in [2.45, 2.75) is 40.2 Å². The summed E-state index contributed by atoms with van der Waals surface area (Å²) < 4.78 is 2.31. The van der Waals surface area contributed by atoms with Gasteiger partial charge in [-0.2, -0.15) is 0 Å². The molecule has 1 aromatic heterocycles. The lowest BCUT2D eigenvalue weighted by Crippen LogP contribution is -2.37. The van der Waals surface area contributed by atoms with E-state index in [2.05, 4.69) is 36.4 Å². The molecule has 4 heteroatoms. The van der Waals surface area contributed by atoms with Gasteiger partial charge in [-0.1, -0.05) is 13.8 Å². The normalized spacial score (nSPS) is 17.7. The van der Waals surface area contributed by atoms with Gasteiger partial charge in [0.25, 0.3) is 0 Å². The van der Waals surface area contributed by atoms with Crippen molar-refractivity contribution in [2.24, 2.45) is 17.6 Å². The van der Waals surface area contributed by atoms with Crippen LogP contribution >= 0.6 is 0 Å². The number of aryl methyl sites for hydroxylation is 1. The lowest BCUT2D eigenvalue weighted by Gasteiger charge is -2.32. The van der Waals surface area contributed by atoms with Crippen LogP contribution in [0.5, 0.6) is 0 Å². The molecular weight excluding hydrogens is 224 g/mol. The number of aromatic nitrogens is 2. The fourth-order valence-electron chi connectivity index (χ4n) is 2.68. The number of hydrogen-bond acceptors (Lipinski definition) is 3. The van der Waals surface area contributed by atoms with Crippen molar-refractivity contribution in [3.05, 3.63) is 11.9 Å². The minimum atomic E-state index is 0.652. The minimum Gasteiger partial charge on any atom is -0.342 e. The van der Waals surface area contributed by atoms with Gasteiger partial charge in [-0.05, 0) is 38.1 Å². The third kappa shape index (κ3) is 3.05. The molecule has 2 rings (SSSR count). The van der Waals surface area contributed by atoms with E-state index in [9.17, 15) is 0 Å². The molecule has 18 heavy (non-hydrogen) atoms. The topological polar surface area (TPSA) is 47.1 Å². The predicted molar refractivity (Wildman–Crippen MR) is 75.8 cm³/mol. The lowest BCUT2D eigenvalue weighted by molar-refractivity contribution is 0.405. The molecule has 1 saturated heterocycles. The summed E-state index contributed by atoms with van der Waals surface area (Å²) in [7, 11) is 0. The van der Waals surface area contributed by atoms with E-state index in [0.717, 1.165) is 37.8 Å². The largest absolute Gasteiger partial charge is 0.342 e. The van der Waals surface area contributed by atoms with Crippen molar-refractivity contribution in [2.75, 3.05) is 24.5 Å². The van der Waals surface area contributed by atoms with E-state index in [1.807, 2.05) is 0 Å². The van der Waals surface area contributed by atoms with Gasteiger partial charge >= 0.3 is 0 Å². The number of anilines is 1. The molecule has 1 aromatic rings. The van der Waals surface area contributed by atoms with Gasteiger partial charge in [-0.25, -0.2) is 4.98 Å². The average Bonchev–Trinajstić information content (AvgIpc) is 2.69. The number of hydrogen-bond donors (Lipinski definition) is 1. The maximum absolute atomic E-state index is 5.75. The first kappa shape index (κ1) is 13.4. The van der Waals surface area contributed by atoms with Crippen LogP contribution in [0.15, 0.2) is 6.20 Å². The number of piperidine rings is 1. The molecule has 0 aliphatic carbocycles. The minimum absolute atomic E-state index is 0.652. The molecule has 0 amide bonds. The molecule has 0 bridgehead atoms. The molecule has 1 fully saturated rings. The first-order valence-electron chi connectivity index (χ1n) is 7.09. The Hall–Kier alpha value is -1.03. The van der Waals surface area contributed by atoms with Gasteiger partial charge in [-0.15, -0.1) is 0 Å². The van der Waals surface area contributed by atoms with Crippen molar-refractivity contribution in [1.29, 1.82) is 0 Å². The summed E-state index contributed by atoms with van der Waals surface area (Å²) >= 11 is 0. The van der Waals surface area contributed by atoms with E-state index in [4.69, 9.17) is 10.7 Å². The fourth-order valence-corrected chi connectivity index (χ4v) is 2.68. The number of rotatable bonds is 4. The van der Waals surface area contributed by atoms with Gasteiger partial charge in [0, 0.05) is 25.8 Å². The van der Waals surface area contributed by atoms with Crippen LogP contribution in [0.4, 0.5) is 5.95 Å². The van der Waals surface area contributed by atoms with E-state index in [1.165, 1.54) is 12.8 Å². The Morgan fingerprint density at radius 1 is 1.39 bits per heavy atom. The molecule has 0 aromatic carbocycles. The summed E-state index contributed by atoms with van der Waals surface area (Å²) in [4.78, 5) is 7.11. The summed E-state index contributed by atoms with van der Waals surface area (Å²) in [5.41, 5.74) is 6.87. The Balaban J connectivity index is 2.08. The molecule has 0 unspecified atom stereocenters. The zero-order valence-corrected chi connectivity index (χ0v) is 11.9. The highest BCUT2D eigenvalue weighted by atomic mass is 15.3. The summed E-state index contributed by atoms with van der Waals surface area (Å²) in [5.74, 6) is 2.51. The molecule has 0 saturated carbocycles. The van der Waals surface area contributed by atoms with Gasteiger partial charge in [0.2, 0.25) is 5.95 Å². The predicted octanol–water partition coefficient (Wildman–Crippen LogP) is 2.02. The Bertz CT molecular complexity index is 375. The van der Waals surface area contributed by atoms with Crippen LogP contribution in [-0.2, 0) is 6.54 Å². The highest BCUT2D eigenvalue weighted by Gasteiger charge is 2.21. The smallest absolute Gasteiger partial charge is 0.205 e. The molecule has 2 N–H and O–H groups in total. The molecule has 1 aliphatic rings. The molecule has 1 aliphatic heterocycles. The molecule has 102 valence electrons. The van der Waals surface area contributed by atoms with Crippen LogP contribution in [0.3, 0.4) is 0 Å². The molecule has 0 spiro atoms. The number of imidazole rings is 1. The van der Waals surface area contributed by atoms with Gasteiger partial charge in [0.05, 0.1) is 5.69 Å². The second kappa shape index (κ2) is 5.74. The third-order valence-corrected chi connectivity index (χ3v) is 3.67. The summed E-state index contributed by atoms with van der Waals surface area (Å²) in [6, 6.07) is 0. The second-order valence-corrected chi connectivity index (χ2v) is 5.89. The first-order chi connectivity index (χ1) is 8.60. The SMILES string of the molecule is Cc1cn(CC(C)C)c(N2CCC(CN)CC2)n1. The Morgan fingerprint density at radius 3 is 2.61 bits per heavy atom. The van der Waals surface area contributed by atoms with Gasteiger partial charge in [-0.3, -0.25) is 0 Å². The summed E-state index contributed by atoms with van der Waals surface area (Å²) in [6.07, 6.45) is 4.57. The quantitative estimate of drug-likeness (QED) is 0.889. The summed E-state index contributed by atoms with van der Waals surface area (Å²) in [5, 5.41) is 0. The van der Waals surface area contributed by atoms with Crippen LogP contribution < -0.4 is 10.6 Å². The van der Waals surface area contributed by atoms with Crippen LogP contribution in [0.25, 0.3) is 0 Å². The number of nitrogens with zero attached hydrogens (tertiary/aromatic N) is 3. The van der Waals surface area contributed by atoms with Crippen molar-refractivity contribution in [1.82, 2.24) is 9.55 Å². The van der Waals surface area contributed by atoms with E-state index >= 15 is 0 Å². The Morgan fingerprint density at radius 2 is 2.06 bits per heavy atom. The highest BCUT2D eigenvalue weighted by molar-refractivity contribution is 5.34. The second-order valence-electron chi connectivity index (χ2n) is 5.89. The van der Waals surface area contributed by atoms with Crippen LogP contribution in [0.2, 0.25) is 0 Å². The van der Waals surface area contributed by atoms with Gasteiger partial charge in [0.1, 0.15) is 0 Å². The standard InChI is InChI=1S/C14H26N4/c1-11(2)9-18-10-12(3)16-14(18)17-6-4-13(8-15)5-7-17/h10-11,13H,4-9,15H2,1-3H3. The molecular formula is C14H26N4. The van der Waals surface area contributed by atoms with E-state index in [1.54, 1.807) is 0 Å². The molecule has 4 nitrogen and oxygen atoms in total.